The predicted octanol–water partition coefficient (Wildman–Crippen LogP) is 2.29. The number of hydrogen-bond donors (Lipinski definition) is 1. The molecule has 0 saturated carbocycles. The number of carbonyl (C=O) groups excluding carboxylic acids is 2. The summed E-state index contributed by atoms with van der Waals surface area (Å²) in [6.07, 6.45) is 2.99. The van der Waals surface area contributed by atoms with Crippen LogP contribution in [0.15, 0.2) is 24.3 Å². The summed E-state index contributed by atoms with van der Waals surface area (Å²) in [6.45, 7) is 2.72. The van der Waals surface area contributed by atoms with E-state index in [1.165, 1.54) is 0 Å². The van der Waals surface area contributed by atoms with Crippen LogP contribution >= 0.6 is 0 Å². The quantitative estimate of drug-likeness (QED) is 0.448. The summed E-state index contributed by atoms with van der Waals surface area (Å²) in [5.41, 5.74) is 5.81. The number of nitrogens with two attached hydrogens (primary N) is 1. The van der Waals surface area contributed by atoms with Crippen LogP contribution in [0.1, 0.15) is 43.0 Å². The highest BCUT2D eigenvalue weighted by molar-refractivity contribution is 5.89. The molecule has 1 rings (SSSR count). The number of esters is 2. The summed E-state index contributed by atoms with van der Waals surface area (Å²) in [7, 11) is 0. The molecule has 5 heteroatoms. The SMILES string of the molecule is CCOC(=O)c1ccc(OC(=O)CCCCCN)cc1. The maximum Gasteiger partial charge on any atom is 0.338 e. The largest absolute Gasteiger partial charge is 0.462 e. The van der Waals surface area contributed by atoms with Crippen LogP contribution < -0.4 is 10.5 Å². The molecule has 0 unspecified atom stereocenters. The molecule has 0 aliphatic heterocycles. The molecule has 0 aliphatic carbocycles. The summed E-state index contributed by atoms with van der Waals surface area (Å²) < 4.78 is 10.0. The molecule has 20 heavy (non-hydrogen) atoms. The smallest absolute Gasteiger partial charge is 0.338 e. The van der Waals surface area contributed by atoms with E-state index in [0.29, 0.717) is 30.9 Å². The Hall–Kier alpha value is -1.88. The molecular formula is C15H21NO4. The van der Waals surface area contributed by atoms with Gasteiger partial charge in [-0.3, -0.25) is 4.79 Å². The van der Waals surface area contributed by atoms with Gasteiger partial charge in [0.2, 0.25) is 0 Å². The van der Waals surface area contributed by atoms with E-state index in [1.54, 1.807) is 31.2 Å². The second kappa shape index (κ2) is 9.09. The fraction of sp³-hybridized carbons (Fsp3) is 0.467. The Labute approximate surface area is 119 Å². The predicted molar refractivity (Wildman–Crippen MR) is 75.6 cm³/mol. The van der Waals surface area contributed by atoms with E-state index in [4.69, 9.17) is 15.2 Å². The van der Waals surface area contributed by atoms with Crippen LogP contribution in [-0.2, 0) is 9.53 Å². The number of unbranched alkanes of at least 4 members (excludes halogenated alkanes) is 2. The number of carbonyl (C=O) groups is 2. The topological polar surface area (TPSA) is 78.6 Å². The molecule has 1 aromatic rings. The first-order valence-corrected chi connectivity index (χ1v) is 6.85. The molecule has 0 fully saturated rings. The van der Waals surface area contributed by atoms with E-state index in [-0.39, 0.29) is 11.9 Å². The van der Waals surface area contributed by atoms with Gasteiger partial charge in [-0.15, -0.1) is 0 Å². The Balaban J connectivity index is 2.41. The second-order valence-corrected chi connectivity index (χ2v) is 4.32. The molecule has 110 valence electrons. The number of ether oxygens (including phenoxy) is 2. The molecule has 0 heterocycles. The molecule has 0 amide bonds. The lowest BCUT2D eigenvalue weighted by molar-refractivity contribution is -0.134. The Morgan fingerprint density at radius 1 is 1.10 bits per heavy atom. The molecule has 0 aromatic heterocycles. The monoisotopic (exact) mass is 279 g/mol. The average molecular weight is 279 g/mol. The maximum absolute atomic E-state index is 11.6. The van der Waals surface area contributed by atoms with E-state index in [1.807, 2.05) is 0 Å². The minimum Gasteiger partial charge on any atom is -0.462 e. The van der Waals surface area contributed by atoms with E-state index in [9.17, 15) is 9.59 Å². The normalized spacial score (nSPS) is 10.1. The van der Waals surface area contributed by atoms with Crippen LogP contribution in [0.3, 0.4) is 0 Å². The average Bonchev–Trinajstić information content (AvgIpc) is 2.45. The zero-order chi connectivity index (χ0) is 14.8. The Morgan fingerprint density at radius 2 is 1.80 bits per heavy atom. The van der Waals surface area contributed by atoms with Gasteiger partial charge in [0.05, 0.1) is 12.2 Å². The summed E-state index contributed by atoms with van der Waals surface area (Å²) in [4.78, 5) is 23.0. The van der Waals surface area contributed by atoms with Gasteiger partial charge in [0.15, 0.2) is 0 Å². The minimum absolute atomic E-state index is 0.272. The molecule has 0 atom stereocenters. The third-order valence-electron chi connectivity index (χ3n) is 2.68. The van der Waals surface area contributed by atoms with Crippen molar-refractivity contribution in [1.82, 2.24) is 0 Å². The molecule has 1 aromatic carbocycles. The van der Waals surface area contributed by atoms with Gasteiger partial charge >= 0.3 is 11.9 Å². The van der Waals surface area contributed by atoms with E-state index in [0.717, 1.165) is 19.3 Å². The number of hydrogen-bond acceptors (Lipinski definition) is 5. The van der Waals surface area contributed by atoms with Crippen molar-refractivity contribution in [1.29, 1.82) is 0 Å². The van der Waals surface area contributed by atoms with Gasteiger partial charge in [0, 0.05) is 6.42 Å². The van der Waals surface area contributed by atoms with Crippen LogP contribution in [0.25, 0.3) is 0 Å². The molecular weight excluding hydrogens is 258 g/mol. The van der Waals surface area contributed by atoms with Crippen LogP contribution in [0.2, 0.25) is 0 Å². The van der Waals surface area contributed by atoms with Crippen molar-refractivity contribution in [3.63, 3.8) is 0 Å². The van der Waals surface area contributed by atoms with E-state index < -0.39 is 0 Å². The molecule has 0 bridgehead atoms. The summed E-state index contributed by atoms with van der Waals surface area (Å²) in [5, 5.41) is 0. The molecule has 5 nitrogen and oxygen atoms in total. The van der Waals surface area contributed by atoms with Crippen molar-refractivity contribution in [2.24, 2.45) is 5.73 Å². The first kappa shape index (κ1) is 16.2. The maximum atomic E-state index is 11.6. The summed E-state index contributed by atoms with van der Waals surface area (Å²) >= 11 is 0. The second-order valence-electron chi connectivity index (χ2n) is 4.32. The molecule has 0 aliphatic rings. The Bertz CT molecular complexity index is 428. The lowest BCUT2D eigenvalue weighted by Crippen LogP contribution is -2.09. The third-order valence-corrected chi connectivity index (χ3v) is 2.68. The highest BCUT2D eigenvalue weighted by Crippen LogP contribution is 2.14. The lowest BCUT2D eigenvalue weighted by Gasteiger charge is -2.05. The highest BCUT2D eigenvalue weighted by Gasteiger charge is 2.08. The van der Waals surface area contributed by atoms with Crippen molar-refractivity contribution in [2.45, 2.75) is 32.6 Å². The Morgan fingerprint density at radius 3 is 2.40 bits per heavy atom. The third kappa shape index (κ3) is 5.84. The van der Waals surface area contributed by atoms with Crippen LogP contribution in [0, 0.1) is 0 Å². The number of rotatable bonds is 8. The van der Waals surface area contributed by atoms with E-state index in [2.05, 4.69) is 0 Å². The first-order chi connectivity index (χ1) is 9.67. The summed E-state index contributed by atoms with van der Waals surface area (Å²) in [6, 6.07) is 6.33. The molecule has 0 radical (unpaired) electrons. The fourth-order valence-corrected chi connectivity index (χ4v) is 1.65. The van der Waals surface area contributed by atoms with Crippen molar-refractivity contribution >= 4 is 11.9 Å². The molecule has 2 N–H and O–H groups in total. The van der Waals surface area contributed by atoms with Gasteiger partial charge in [-0.2, -0.15) is 0 Å². The Kier molecular flexibility index (Phi) is 7.35. The van der Waals surface area contributed by atoms with Gasteiger partial charge in [-0.25, -0.2) is 4.79 Å². The van der Waals surface area contributed by atoms with Gasteiger partial charge in [-0.1, -0.05) is 6.42 Å². The number of benzene rings is 1. The van der Waals surface area contributed by atoms with Crippen LogP contribution in [-0.4, -0.2) is 25.1 Å². The van der Waals surface area contributed by atoms with Crippen molar-refractivity contribution in [2.75, 3.05) is 13.2 Å². The van der Waals surface area contributed by atoms with Crippen molar-refractivity contribution in [3.8, 4) is 5.75 Å². The molecule has 0 saturated heterocycles. The highest BCUT2D eigenvalue weighted by atomic mass is 16.5. The summed E-state index contributed by atoms with van der Waals surface area (Å²) in [5.74, 6) is -0.222. The van der Waals surface area contributed by atoms with Gasteiger partial charge in [-0.05, 0) is 50.6 Å². The first-order valence-electron chi connectivity index (χ1n) is 6.85. The lowest BCUT2D eigenvalue weighted by atomic mass is 10.2. The fourth-order valence-electron chi connectivity index (χ4n) is 1.65. The zero-order valence-electron chi connectivity index (χ0n) is 11.8. The van der Waals surface area contributed by atoms with Gasteiger partial charge < -0.3 is 15.2 Å². The van der Waals surface area contributed by atoms with Crippen LogP contribution in [0.5, 0.6) is 5.75 Å². The minimum atomic E-state index is -0.382. The van der Waals surface area contributed by atoms with Crippen molar-refractivity contribution < 1.29 is 19.1 Å². The van der Waals surface area contributed by atoms with Gasteiger partial charge in [0.25, 0.3) is 0 Å². The molecule has 0 spiro atoms. The van der Waals surface area contributed by atoms with Crippen molar-refractivity contribution in [3.05, 3.63) is 29.8 Å². The van der Waals surface area contributed by atoms with Gasteiger partial charge in [0.1, 0.15) is 5.75 Å². The standard InChI is InChI=1S/C15H21NO4/c1-2-19-15(18)12-7-9-13(10-8-12)20-14(17)6-4-3-5-11-16/h7-10H,2-6,11,16H2,1H3. The van der Waals surface area contributed by atoms with E-state index >= 15 is 0 Å². The van der Waals surface area contributed by atoms with Crippen LogP contribution in [0.4, 0.5) is 0 Å². The zero-order valence-corrected chi connectivity index (χ0v) is 11.8.